The lowest BCUT2D eigenvalue weighted by molar-refractivity contribution is -0.129. The van der Waals surface area contributed by atoms with Gasteiger partial charge in [0.15, 0.2) is 0 Å². The second-order valence-electron chi connectivity index (χ2n) is 5.96. The highest BCUT2D eigenvalue weighted by molar-refractivity contribution is 5.79. The molecule has 2 aromatic rings. The summed E-state index contributed by atoms with van der Waals surface area (Å²) in [5.41, 5.74) is 9.12. The molecule has 1 saturated heterocycles. The van der Waals surface area contributed by atoms with Gasteiger partial charge in [-0.2, -0.15) is 0 Å². The van der Waals surface area contributed by atoms with Crippen LogP contribution >= 0.6 is 0 Å². The van der Waals surface area contributed by atoms with Crippen LogP contribution in [-0.2, 0) is 11.2 Å². The molecule has 5 heteroatoms. The summed E-state index contributed by atoms with van der Waals surface area (Å²) >= 11 is 0. The number of benzene rings is 1. The van der Waals surface area contributed by atoms with Crippen LogP contribution in [0.5, 0.6) is 0 Å². The quantitative estimate of drug-likeness (QED) is 0.938. The Morgan fingerprint density at radius 1 is 1.32 bits per heavy atom. The first-order chi connectivity index (χ1) is 10.6. The second-order valence-corrected chi connectivity index (χ2v) is 5.96. The minimum Gasteiger partial charge on any atom is -0.361 e. The number of nitrogens with zero attached hydrogens (tertiary/aromatic N) is 2. The van der Waals surface area contributed by atoms with E-state index < -0.39 is 0 Å². The van der Waals surface area contributed by atoms with Crippen molar-refractivity contribution < 1.29 is 9.32 Å². The zero-order chi connectivity index (χ0) is 15.7. The van der Waals surface area contributed by atoms with Gasteiger partial charge in [0, 0.05) is 30.6 Å². The molecule has 1 aromatic heterocycles. The molecule has 116 valence electrons. The van der Waals surface area contributed by atoms with Crippen molar-refractivity contribution >= 4 is 5.91 Å². The van der Waals surface area contributed by atoms with Crippen LogP contribution in [0.4, 0.5) is 0 Å². The van der Waals surface area contributed by atoms with Crippen LogP contribution < -0.4 is 5.73 Å². The molecule has 22 heavy (non-hydrogen) atoms. The molecule has 0 unspecified atom stereocenters. The summed E-state index contributed by atoms with van der Waals surface area (Å²) in [6.07, 6.45) is 0.329. The van der Waals surface area contributed by atoms with Crippen LogP contribution in [0.2, 0.25) is 0 Å². The number of likely N-dealkylation sites (tertiary alicyclic amines) is 1. The van der Waals surface area contributed by atoms with E-state index in [0.717, 1.165) is 11.3 Å². The highest BCUT2D eigenvalue weighted by Gasteiger charge is 2.34. The third-order valence-electron chi connectivity index (χ3n) is 4.45. The van der Waals surface area contributed by atoms with Gasteiger partial charge < -0.3 is 15.2 Å². The summed E-state index contributed by atoms with van der Waals surface area (Å²) in [7, 11) is 0. The predicted octanol–water partition coefficient (Wildman–Crippen LogP) is 1.79. The second kappa shape index (κ2) is 5.93. The SMILES string of the molecule is Cc1noc(C)c1CC(=O)N1C[C@@H](N)[C@H](c2ccccc2)C1. The van der Waals surface area contributed by atoms with Crippen molar-refractivity contribution in [3.8, 4) is 0 Å². The third kappa shape index (κ3) is 2.76. The van der Waals surface area contributed by atoms with E-state index in [1.807, 2.05) is 36.9 Å². The molecule has 0 saturated carbocycles. The number of hydrogen-bond acceptors (Lipinski definition) is 4. The van der Waals surface area contributed by atoms with Gasteiger partial charge in [0.1, 0.15) is 5.76 Å². The zero-order valence-electron chi connectivity index (χ0n) is 13.0. The Bertz CT molecular complexity index is 646. The molecule has 0 bridgehead atoms. The Hall–Kier alpha value is -2.14. The van der Waals surface area contributed by atoms with Crippen LogP contribution in [0.25, 0.3) is 0 Å². The van der Waals surface area contributed by atoms with Crippen molar-refractivity contribution in [2.75, 3.05) is 13.1 Å². The fourth-order valence-corrected chi connectivity index (χ4v) is 3.10. The molecule has 0 spiro atoms. The standard InChI is InChI=1S/C17H21N3O2/c1-11-14(12(2)22-19-11)8-17(21)20-9-15(16(18)10-20)13-6-4-3-5-7-13/h3-7,15-16H,8-10,18H2,1-2H3/t15-,16+/m0/s1. The molecule has 1 aliphatic heterocycles. The molecule has 2 N–H and O–H groups in total. The monoisotopic (exact) mass is 299 g/mol. The van der Waals surface area contributed by atoms with Crippen molar-refractivity contribution in [1.29, 1.82) is 0 Å². The van der Waals surface area contributed by atoms with Crippen molar-refractivity contribution in [2.24, 2.45) is 5.73 Å². The molecule has 5 nitrogen and oxygen atoms in total. The summed E-state index contributed by atoms with van der Waals surface area (Å²) < 4.78 is 5.12. The molecular weight excluding hydrogens is 278 g/mol. The number of carbonyl (C=O) groups is 1. The number of hydrogen-bond donors (Lipinski definition) is 1. The minimum absolute atomic E-state index is 0.0176. The number of amides is 1. The number of carbonyl (C=O) groups excluding carboxylic acids is 1. The summed E-state index contributed by atoms with van der Waals surface area (Å²) in [5, 5.41) is 3.90. The number of aromatic nitrogens is 1. The molecule has 1 fully saturated rings. The minimum atomic E-state index is -0.0176. The lowest BCUT2D eigenvalue weighted by Crippen LogP contribution is -2.33. The smallest absolute Gasteiger partial charge is 0.227 e. The molecule has 0 radical (unpaired) electrons. The average molecular weight is 299 g/mol. The van der Waals surface area contributed by atoms with E-state index in [2.05, 4.69) is 17.3 Å². The molecule has 1 amide bonds. The highest BCUT2D eigenvalue weighted by atomic mass is 16.5. The van der Waals surface area contributed by atoms with Gasteiger partial charge in [-0.25, -0.2) is 0 Å². The van der Waals surface area contributed by atoms with E-state index in [1.54, 1.807) is 0 Å². The van der Waals surface area contributed by atoms with Crippen LogP contribution in [0, 0.1) is 13.8 Å². The van der Waals surface area contributed by atoms with Crippen molar-refractivity contribution in [3.05, 3.63) is 52.9 Å². The number of aryl methyl sites for hydroxylation is 2. The van der Waals surface area contributed by atoms with Crippen LogP contribution in [-0.4, -0.2) is 35.1 Å². The summed E-state index contributed by atoms with van der Waals surface area (Å²) in [6, 6.07) is 10.1. The maximum atomic E-state index is 12.5. The van der Waals surface area contributed by atoms with Gasteiger partial charge in [-0.3, -0.25) is 4.79 Å². The Morgan fingerprint density at radius 2 is 2.05 bits per heavy atom. The lowest BCUT2D eigenvalue weighted by Gasteiger charge is -2.16. The maximum Gasteiger partial charge on any atom is 0.227 e. The summed E-state index contributed by atoms with van der Waals surface area (Å²) in [6.45, 7) is 4.97. The Morgan fingerprint density at radius 3 is 2.68 bits per heavy atom. The topological polar surface area (TPSA) is 72.4 Å². The van der Waals surface area contributed by atoms with E-state index in [1.165, 1.54) is 5.56 Å². The molecular formula is C17H21N3O2. The summed E-state index contributed by atoms with van der Waals surface area (Å²) in [5.74, 6) is 1.01. The zero-order valence-corrected chi connectivity index (χ0v) is 13.0. The number of nitrogens with two attached hydrogens (primary N) is 1. The van der Waals surface area contributed by atoms with Gasteiger partial charge in [-0.05, 0) is 19.4 Å². The van der Waals surface area contributed by atoms with Crippen molar-refractivity contribution in [1.82, 2.24) is 10.1 Å². The first kappa shape index (κ1) is 14.8. The Balaban J connectivity index is 1.70. The van der Waals surface area contributed by atoms with E-state index in [9.17, 15) is 4.79 Å². The Labute approximate surface area is 130 Å². The third-order valence-corrected chi connectivity index (χ3v) is 4.45. The fraction of sp³-hybridized carbons (Fsp3) is 0.412. The van der Waals surface area contributed by atoms with Gasteiger partial charge >= 0.3 is 0 Å². The normalized spacial score (nSPS) is 21.3. The van der Waals surface area contributed by atoms with Gasteiger partial charge in [0.25, 0.3) is 0 Å². The van der Waals surface area contributed by atoms with Crippen LogP contribution in [0.3, 0.4) is 0 Å². The van der Waals surface area contributed by atoms with Gasteiger partial charge in [0.05, 0.1) is 12.1 Å². The molecule has 1 aliphatic rings. The molecule has 0 aliphatic carbocycles. The first-order valence-electron chi connectivity index (χ1n) is 7.56. The van der Waals surface area contributed by atoms with Gasteiger partial charge in [-0.1, -0.05) is 35.5 Å². The van der Waals surface area contributed by atoms with E-state index in [4.69, 9.17) is 10.3 Å². The van der Waals surface area contributed by atoms with E-state index >= 15 is 0 Å². The van der Waals surface area contributed by atoms with Gasteiger partial charge in [0.2, 0.25) is 5.91 Å². The summed E-state index contributed by atoms with van der Waals surface area (Å²) in [4.78, 5) is 14.4. The highest BCUT2D eigenvalue weighted by Crippen LogP contribution is 2.27. The first-order valence-corrected chi connectivity index (χ1v) is 7.56. The van der Waals surface area contributed by atoms with Crippen LogP contribution in [0.1, 0.15) is 28.5 Å². The van der Waals surface area contributed by atoms with Crippen molar-refractivity contribution in [3.63, 3.8) is 0 Å². The Kier molecular flexibility index (Phi) is 3.98. The van der Waals surface area contributed by atoms with E-state index in [0.29, 0.717) is 25.3 Å². The molecule has 1 aromatic carbocycles. The number of rotatable bonds is 3. The fourth-order valence-electron chi connectivity index (χ4n) is 3.10. The largest absolute Gasteiger partial charge is 0.361 e. The average Bonchev–Trinajstić information content (AvgIpc) is 3.05. The molecule has 2 atom stereocenters. The molecule has 2 heterocycles. The van der Waals surface area contributed by atoms with Crippen molar-refractivity contribution in [2.45, 2.75) is 32.2 Å². The van der Waals surface area contributed by atoms with E-state index in [-0.39, 0.29) is 17.9 Å². The lowest BCUT2D eigenvalue weighted by atomic mass is 9.95. The van der Waals surface area contributed by atoms with Gasteiger partial charge in [-0.15, -0.1) is 0 Å². The maximum absolute atomic E-state index is 12.5. The van der Waals surface area contributed by atoms with Crippen LogP contribution in [0.15, 0.2) is 34.9 Å². The molecule has 3 rings (SSSR count). The predicted molar refractivity (Wildman–Crippen MR) is 83.4 cm³/mol.